The number of aryl methyl sites for hydroxylation is 4. The van der Waals surface area contributed by atoms with Gasteiger partial charge in [-0.15, -0.1) is 20.5 Å². The van der Waals surface area contributed by atoms with Crippen molar-refractivity contribution in [1.82, 2.24) is 29.6 Å². The van der Waals surface area contributed by atoms with Crippen LogP contribution in [0.1, 0.15) is 203 Å². The highest BCUT2D eigenvalue weighted by Gasteiger charge is 2.31. The molecule has 8 aliphatic heterocycles. The van der Waals surface area contributed by atoms with Crippen molar-refractivity contribution >= 4 is 74.3 Å². The van der Waals surface area contributed by atoms with Gasteiger partial charge in [-0.25, -0.2) is 9.97 Å². The lowest BCUT2D eigenvalue weighted by atomic mass is 9.92. The Morgan fingerprint density at radius 1 is 0.470 bits per heavy atom. The Bertz CT molecular complexity index is 4290. The standard InChI is InChI=1S/2C24H26N4O2.C17H23NO2.C17H21NO2/c2*1-15-8-9-18-22(29)20(13-19-17-7-6-10-25-24(17)27-26-19)30-23(18)21(15)16(2)14-28-11-4-3-5-12-28;2*1-12-6-7-14-15(19)11-20-17(14)16(12)13(2)10-18-8-4-3-5-9-18/h2*6-10,13,16,29H,3-5,11-12,14H2,1-2H3;6-7,13H,3-5,8-11H2,1-2H3;6-7H,2-5,8-11H2,1H3. The summed E-state index contributed by atoms with van der Waals surface area (Å²) in [6.07, 6.45) is 22.5. The van der Waals surface area contributed by atoms with E-state index in [0.29, 0.717) is 57.9 Å². The predicted molar refractivity (Wildman–Crippen MR) is 396 cm³/mol. The first-order chi connectivity index (χ1) is 48.6. The van der Waals surface area contributed by atoms with Gasteiger partial charge in [0.15, 0.2) is 47.9 Å². The van der Waals surface area contributed by atoms with Crippen LogP contribution in [-0.2, 0) is 0 Å². The van der Waals surface area contributed by atoms with Crippen molar-refractivity contribution in [2.24, 2.45) is 20.5 Å². The summed E-state index contributed by atoms with van der Waals surface area (Å²) >= 11 is 0. The summed E-state index contributed by atoms with van der Waals surface area (Å²) in [5.74, 6) is 5.12. The van der Waals surface area contributed by atoms with Crippen LogP contribution in [-0.4, -0.2) is 143 Å². The fraction of sp³-hybridized carbons (Fsp3) is 0.439. The molecule has 3 unspecified atom stereocenters. The summed E-state index contributed by atoms with van der Waals surface area (Å²) in [6.45, 7) is 33.1. The zero-order valence-corrected chi connectivity index (χ0v) is 59.4. The van der Waals surface area contributed by atoms with E-state index >= 15 is 0 Å². The number of pyridine rings is 2. The number of piperidine rings is 4. The molecule has 4 saturated heterocycles. The van der Waals surface area contributed by atoms with Crippen LogP contribution in [0.5, 0.6) is 23.0 Å². The molecule has 3 atom stereocenters. The number of likely N-dealkylation sites (tertiary alicyclic amines) is 4. The Kier molecular flexibility index (Phi) is 21.8. The van der Waals surface area contributed by atoms with Crippen LogP contribution >= 0.6 is 0 Å². The second-order valence-corrected chi connectivity index (χ2v) is 28.6. The van der Waals surface area contributed by atoms with E-state index in [-0.39, 0.29) is 36.3 Å². The Morgan fingerprint density at radius 3 is 1.30 bits per heavy atom. The fourth-order valence-corrected chi connectivity index (χ4v) is 16.1. The molecule has 18 heteroatoms. The molecule has 2 N–H and O–H groups in total. The Hall–Kier alpha value is -8.94. The summed E-state index contributed by atoms with van der Waals surface area (Å²) in [5.41, 5.74) is 16.4. The van der Waals surface area contributed by atoms with Gasteiger partial charge in [0.05, 0.1) is 21.9 Å². The van der Waals surface area contributed by atoms with Gasteiger partial charge >= 0.3 is 0 Å². The fourth-order valence-electron chi connectivity index (χ4n) is 16.1. The van der Waals surface area contributed by atoms with Gasteiger partial charge in [0.25, 0.3) is 0 Å². The number of benzene rings is 4. The molecule has 0 radical (unpaired) electrons. The number of carbonyl (C=O) groups is 2. The molecule has 0 saturated carbocycles. The van der Waals surface area contributed by atoms with E-state index in [1.807, 2.05) is 54.6 Å². The molecule has 4 fully saturated rings. The van der Waals surface area contributed by atoms with E-state index in [1.54, 1.807) is 24.5 Å². The number of azo groups is 2. The number of furan rings is 2. The average Bonchev–Trinajstić information content (AvgIpc) is 1.60. The lowest BCUT2D eigenvalue weighted by molar-refractivity contribution is 0.0954. The summed E-state index contributed by atoms with van der Waals surface area (Å²) in [6, 6.07) is 23.4. The molecule has 8 aliphatic rings. The molecular formula is C82H96N10O8. The van der Waals surface area contributed by atoms with E-state index in [0.717, 1.165) is 106 Å². The van der Waals surface area contributed by atoms with E-state index in [2.05, 4.69) is 123 Å². The van der Waals surface area contributed by atoms with Gasteiger partial charge in [-0.3, -0.25) is 14.5 Å². The molecule has 12 heterocycles. The van der Waals surface area contributed by atoms with Crippen LogP contribution in [0.2, 0.25) is 0 Å². The minimum absolute atomic E-state index is 0.0759. The molecule has 16 rings (SSSR count). The van der Waals surface area contributed by atoms with Crippen LogP contribution in [0, 0.1) is 27.7 Å². The third-order valence-corrected chi connectivity index (χ3v) is 21.1. The van der Waals surface area contributed by atoms with E-state index < -0.39 is 0 Å². The minimum atomic E-state index is 0.0759. The van der Waals surface area contributed by atoms with Crippen molar-refractivity contribution in [2.75, 3.05) is 91.8 Å². The molecule has 100 heavy (non-hydrogen) atoms. The number of hydrogen-bond acceptors (Lipinski definition) is 18. The van der Waals surface area contributed by atoms with Gasteiger partial charge in [-0.1, -0.05) is 77.3 Å². The number of hydrogen-bond donors (Lipinski definition) is 2. The van der Waals surface area contributed by atoms with Crippen molar-refractivity contribution in [3.63, 3.8) is 0 Å². The molecule has 0 bridgehead atoms. The summed E-state index contributed by atoms with van der Waals surface area (Å²) in [5, 5.41) is 39.9. The van der Waals surface area contributed by atoms with Gasteiger partial charge in [0.2, 0.25) is 11.6 Å². The Morgan fingerprint density at radius 2 is 0.850 bits per heavy atom. The highest BCUT2D eigenvalue weighted by atomic mass is 16.5. The van der Waals surface area contributed by atoms with Gasteiger partial charge in [-0.05, 0) is 226 Å². The van der Waals surface area contributed by atoms with E-state index in [9.17, 15) is 19.8 Å². The molecule has 18 nitrogen and oxygen atoms in total. The van der Waals surface area contributed by atoms with Crippen LogP contribution < -0.4 is 9.47 Å². The first-order valence-corrected chi connectivity index (χ1v) is 36.4. The highest BCUT2D eigenvalue weighted by molar-refractivity contribution is 6.04. The summed E-state index contributed by atoms with van der Waals surface area (Å²) in [7, 11) is 0. The van der Waals surface area contributed by atoms with Crippen LogP contribution in [0.3, 0.4) is 0 Å². The van der Waals surface area contributed by atoms with Gasteiger partial charge in [0, 0.05) is 84.1 Å². The van der Waals surface area contributed by atoms with E-state index in [1.165, 1.54) is 150 Å². The zero-order valence-electron chi connectivity index (χ0n) is 59.4. The van der Waals surface area contributed by atoms with Crippen LogP contribution in [0.25, 0.3) is 51.1 Å². The van der Waals surface area contributed by atoms with Crippen molar-refractivity contribution in [3.05, 3.63) is 170 Å². The number of aromatic nitrogens is 2. The topological polar surface area (TPSA) is 208 Å². The maximum atomic E-state index is 11.8. The molecule has 522 valence electrons. The van der Waals surface area contributed by atoms with Crippen molar-refractivity contribution in [2.45, 2.75) is 143 Å². The first-order valence-electron chi connectivity index (χ1n) is 36.4. The largest absolute Gasteiger partial charge is 0.504 e. The number of ketones is 2. The smallest absolute Gasteiger partial charge is 0.203 e. The van der Waals surface area contributed by atoms with Crippen LogP contribution in [0.4, 0.5) is 11.6 Å². The van der Waals surface area contributed by atoms with Gasteiger partial charge < -0.3 is 43.2 Å². The number of aromatic hydroxyl groups is 2. The number of nitrogens with zero attached hydrogens (tertiary/aromatic N) is 10. The van der Waals surface area contributed by atoms with Gasteiger partial charge in [-0.2, -0.15) is 0 Å². The Balaban J connectivity index is 0.000000122. The molecule has 4 aromatic carbocycles. The summed E-state index contributed by atoms with van der Waals surface area (Å²) < 4.78 is 23.7. The SMILES string of the molecule is C=C(CN1CCCCC1)c1c(C)ccc2c1OCC2=O.Cc1ccc2c(O)c(C=C3N=Nc4ncccc43)oc2c1C(C)CN1CCCCC1.Cc1ccc2c(O)c(C=C3N=Nc4ncccc43)oc2c1C(C)CN1CCCCC1.Cc1ccc2c(c1C(C)CN1CCCCC1)OCC2=O. The number of Topliss-reactive ketones (excluding diaryl/α,β-unsaturated/α-hetero) is 2. The molecule has 0 spiro atoms. The first kappa shape index (κ1) is 69.5. The van der Waals surface area contributed by atoms with Crippen molar-refractivity contribution in [1.29, 1.82) is 0 Å². The van der Waals surface area contributed by atoms with Crippen molar-refractivity contribution in [3.8, 4) is 23.0 Å². The maximum absolute atomic E-state index is 11.8. The molecule has 0 aliphatic carbocycles. The highest BCUT2D eigenvalue weighted by Crippen LogP contribution is 2.45. The second kappa shape index (κ2) is 31.3. The maximum Gasteiger partial charge on any atom is 0.203 e. The number of ether oxygens (including phenoxy) is 2. The second-order valence-electron chi connectivity index (χ2n) is 28.6. The average molecular weight is 1350 g/mol. The molecular weight excluding hydrogens is 1250 g/mol. The molecule has 4 aromatic heterocycles. The zero-order chi connectivity index (χ0) is 69.6. The van der Waals surface area contributed by atoms with E-state index in [4.69, 9.17) is 18.3 Å². The third-order valence-electron chi connectivity index (χ3n) is 21.1. The monoisotopic (exact) mass is 1350 g/mol. The van der Waals surface area contributed by atoms with Crippen LogP contribution in [0.15, 0.2) is 121 Å². The van der Waals surface area contributed by atoms with Gasteiger partial charge in [0.1, 0.15) is 34.1 Å². The Labute approximate surface area is 587 Å². The number of fused-ring (bicyclic) bond motifs is 6. The predicted octanol–water partition coefficient (Wildman–Crippen LogP) is 18.3. The summed E-state index contributed by atoms with van der Waals surface area (Å²) in [4.78, 5) is 42.1. The lowest BCUT2D eigenvalue weighted by Crippen LogP contribution is -2.33. The normalized spacial score (nSPS) is 19.2. The quantitative estimate of drug-likeness (QED) is 0.104. The van der Waals surface area contributed by atoms with Crippen molar-refractivity contribution < 1.29 is 38.1 Å². The number of carbonyl (C=O) groups excluding carboxylic acids is 2. The number of rotatable bonds is 14. The minimum Gasteiger partial charge on any atom is -0.504 e. The molecule has 8 aromatic rings. The third kappa shape index (κ3) is 15.2. The lowest BCUT2D eigenvalue weighted by Gasteiger charge is -2.30. The molecule has 0 amide bonds.